The summed E-state index contributed by atoms with van der Waals surface area (Å²) >= 11 is 5.95. The van der Waals surface area contributed by atoms with E-state index in [9.17, 15) is 8.42 Å². The molecule has 0 radical (unpaired) electrons. The van der Waals surface area contributed by atoms with Crippen LogP contribution in [0.1, 0.15) is 13.3 Å². The minimum Gasteiger partial charge on any atom is -0.382 e. The van der Waals surface area contributed by atoms with Crippen molar-refractivity contribution in [2.45, 2.75) is 19.4 Å². The minimum atomic E-state index is -2.93. The third-order valence-electron chi connectivity index (χ3n) is 3.03. The fourth-order valence-corrected chi connectivity index (χ4v) is 2.92. The Balaban J connectivity index is 2.17. The van der Waals surface area contributed by atoms with Gasteiger partial charge in [0.1, 0.15) is 9.84 Å². The average molecular weight is 313 g/mol. The van der Waals surface area contributed by atoms with E-state index in [-0.39, 0.29) is 11.8 Å². The van der Waals surface area contributed by atoms with Crippen molar-refractivity contribution in [2.24, 2.45) is 0 Å². The zero-order valence-electron chi connectivity index (χ0n) is 11.4. The third-order valence-corrected chi connectivity index (χ3v) is 4.24. The lowest BCUT2D eigenvalue weighted by Crippen LogP contribution is -2.19. The van der Waals surface area contributed by atoms with Crippen LogP contribution in [0, 0.1) is 0 Å². The lowest BCUT2D eigenvalue weighted by Gasteiger charge is -2.16. The van der Waals surface area contributed by atoms with E-state index in [1.54, 1.807) is 6.20 Å². The second-order valence-corrected chi connectivity index (χ2v) is 7.68. The van der Waals surface area contributed by atoms with Gasteiger partial charge in [-0.3, -0.25) is 4.98 Å². The first-order valence-corrected chi connectivity index (χ1v) is 8.77. The van der Waals surface area contributed by atoms with Gasteiger partial charge in [-0.2, -0.15) is 0 Å². The van der Waals surface area contributed by atoms with Gasteiger partial charge in [0.05, 0.1) is 11.3 Å². The van der Waals surface area contributed by atoms with E-state index < -0.39 is 9.84 Å². The standard InChI is InChI=1S/C14H17ClN2O2S/c1-10(6-8-20(2,18)19)17-13-5-7-16-14-9-11(15)3-4-12(13)14/h3-5,7,9-10H,6,8H2,1-2H3,(H,16,17). The molecule has 1 unspecified atom stereocenters. The van der Waals surface area contributed by atoms with Crippen LogP contribution in [0.15, 0.2) is 30.5 Å². The summed E-state index contributed by atoms with van der Waals surface area (Å²) in [4.78, 5) is 4.27. The normalized spacial score (nSPS) is 13.3. The van der Waals surface area contributed by atoms with Gasteiger partial charge in [-0.05, 0) is 37.6 Å². The number of hydrogen-bond donors (Lipinski definition) is 1. The molecule has 1 atom stereocenters. The molecule has 0 saturated heterocycles. The van der Waals surface area contributed by atoms with E-state index in [0.717, 1.165) is 16.6 Å². The Morgan fingerprint density at radius 3 is 2.80 bits per heavy atom. The highest BCUT2D eigenvalue weighted by Crippen LogP contribution is 2.25. The summed E-state index contributed by atoms with van der Waals surface area (Å²) in [6, 6.07) is 7.48. The molecule has 2 rings (SSSR count). The lowest BCUT2D eigenvalue weighted by atomic mass is 10.1. The highest BCUT2D eigenvalue weighted by atomic mass is 35.5. The Kier molecular flexibility index (Phi) is 4.50. The number of hydrogen-bond acceptors (Lipinski definition) is 4. The van der Waals surface area contributed by atoms with Crippen molar-refractivity contribution in [1.29, 1.82) is 0 Å². The SMILES string of the molecule is CC(CCS(C)(=O)=O)Nc1ccnc2cc(Cl)ccc12. The summed E-state index contributed by atoms with van der Waals surface area (Å²) in [7, 11) is -2.93. The molecule has 6 heteroatoms. The van der Waals surface area contributed by atoms with Gasteiger partial charge in [0.2, 0.25) is 0 Å². The number of pyridine rings is 1. The van der Waals surface area contributed by atoms with Gasteiger partial charge < -0.3 is 5.32 Å². The molecule has 0 fully saturated rings. The molecule has 0 aliphatic rings. The molecule has 1 N–H and O–H groups in total. The lowest BCUT2D eigenvalue weighted by molar-refractivity contribution is 0.596. The Bertz CT molecular complexity index is 716. The number of nitrogens with one attached hydrogen (secondary N) is 1. The van der Waals surface area contributed by atoms with E-state index >= 15 is 0 Å². The van der Waals surface area contributed by atoms with Crippen molar-refractivity contribution in [3.05, 3.63) is 35.5 Å². The van der Waals surface area contributed by atoms with Crippen molar-refractivity contribution in [3.8, 4) is 0 Å². The molecule has 4 nitrogen and oxygen atoms in total. The quantitative estimate of drug-likeness (QED) is 0.921. The van der Waals surface area contributed by atoms with Gasteiger partial charge in [-0.25, -0.2) is 8.42 Å². The predicted octanol–water partition coefficient (Wildman–Crippen LogP) is 3.12. The average Bonchev–Trinajstić information content (AvgIpc) is 2.35. The first kappa shape index (κ1) is 15.1. The number of nitrogens with zero attached hydrogens (tertiary/aromatic N) is 1. The molecule has 1 heterocycles. The van der Waals surface area contributed by atoms with Crippen molar-refractivity contribution in [2.75, 3.05) is 17.3 Å². The van der Waals surface area contributed by atoms with Crippen LogP contribution in [0.4, 0.5) is 5.69 Å². The van der Waals surface area contributed by atoms with Gasteiger partial charge in [-0.1, -0.05) is 11.6 Å². The Hall–Kier alpha value is -1.33. The molecule has 0 aliphatic carbocycles. The summed E-state index contributed by atoms with van der Waals surface area (Å²) < 4.78 is 22.4. The molecule has 1 aromatic carbocycles. The highest BCUT2D eigenvalue weighted by Gasteiger charge is 2.09. The second-order valence-electron chi connectivity index (χ2n) is 4.98. The molecule has 1 aromatic heterocycles. The largest absolute Gasteiger partial charge is 0.382 e. The molecule has 20 heavy (non-hydrogen) atoms. The van der Waals surface area contributed by atoms with E-state index in [2.05, 4.69) is 10.3 Å². The van der Waals surface area contributed by atoms with Gasteiger partial charge in [0, 0.05) is 34.6 Å². The number of anilines is 1. The maximum absolute atomic E-state index is 11.2. The van der Waals surface area contributed by atoms with Gasteiger partial charge in [0.25, 0.3) is 0 Å². The van der Waals surface area contributed by atoms with Crippen molar-refractivity contribution in [3.63, 3.8) is 0 Å². The van der Waals surface area contributed by atoms with Crippen LogP contribution < -0.4 is 5.32 Å². The number of sulfone groups is 1. The molecule has 0 bridgehead atoms. The van der Waals surface area contributed by atoms with Crippen molar-refractivity contribution in [1.82, 2.24) is 4.98 Å². The van der Waals surface area contributed by atoms with Gasteiger partial charge in [-0.15, -0.1) is 0 Å². The van der Waals surface area contributed by atoms with Crippen LogP contribution in [-0.2, 0) is 9.84 Å². The van der Waals surface area contributed by atoms with Crippen LogP contribution in [0.2, 0.25) is 5.02 Å². The monoisotopic (exact) mass is 312 g/mol. The van der Waals surface area contributed by atoms with Crippen LogP contribution in [0.5, 0.6) is 0 Å². The fraction of sp³-hybridized carbons (Fsp3) is 0.357. The zero-order chi connectivity index (χ0) is 14.8. The van der Waals surface area contributed by atoms with Crippen LogP contribution >= 0.6 is 11.6 Å². The fourth-order valence-electron chi connectivity index (χ4n) is 1.98. The molecular formula is C14H17ClN2O2S. The molecule has 0 aliphatic heterocycles. The zero-order valence-corrected chi connectivity index (χ0v) is 13.0. The smallest absolute Gasteiger partial charge is 0.147 e. The van der Waals surface area contributed by atoms with Crippen LogP contribution in [0.25, 0.3) is 10.9 Å². The Morgan fingerprint density at radius 1 is 1.35 bits per heavy atom. The summed E-state index contributed by atoms with van der Waals surface area (Å²) in [5.41, 5.74) is 1.76. The topological polar surface area (TPSA) is 59.1 Å². The first-order valence-electron chi connectivity index (χ1n) is 6.34. The highest BCUT2D eigenvalue weighted by molar-refractivity contribution is 7.90. The summed E-state index contributed by atoms with van der Waals surface area (Å²) in [6.07, 6.45) is 3.53. The van der Waals surface area contributed by atoms with Gasteiger partial charge >= 0.3 is 0 Å². The Morgan fingerprint density at radius 2 is 2.10 bits per heavy atom. The summed E-state index contributed by atoms with van der Waals surface area (Å²) in [5.74, 6) is 0.177. The van der Waals surface area contributed by atoms with Gasteiger partial charge in [0.15, 0.2) is 0 Å². The first-order chi connectivity index (χ1) is 9.35. The third kappa shape index (κ3) is 4.08. The maximum Gasteiger partial charge on any atom is 0.147 e. The summed E-state index contributed by atoms with van der Waals surface area (Å²) in [5, 5.41) is 4.95. The second kappa shape index (κ2) is 5.97. The summed E-state index contributed by atoms with van der Waals surface area (Å²) in [6.45, 7) is 1.97. The molecule has 0 amide bonds. The molecule has 0 spiro atoms. The Labute approximate surface area is 124 Å². The van der Waals surface area contributed by atoms with E-state index in [0.29, 0.717) is 11.4 Å². The van der Waals surface area contributed by atoms with Crippen molar-refractivity contribution >= 4 is 38.0 Å². The van der Waals surface area contributed by atoms with E-state index in [4.69, 9.17) is 11.6 Å². The predicted molar refractivity (Wildman–Crippen MR) is 84.2 cm³/mol. The van der Waals surface area contributed by atoms with Crippen LogP contribution in [-0.4, -0.2) is 31.5 Å². The number of fused-ring (bicyclic) bond motifs is 1. The number of halogens is 1. The molecule has 2 aromatic rings. The number of benzene rings is 1. The molecule has 108 valence electrons. The van der Waals surface area contributed by atoms with E-state index in [1.807, 2.05) is 31.2 Å². The van der Waals surface area contributed by atoms with Crippen molar-refractivity contribution < 1.29 is 8.42 Å². The van der Waals surface area contributed by atoms with E-state index in [1.165, 1.54) is 6.26 Å². The molecule has 0 saturated carbocycles. The molecular weight excluding hydrogens is 296 g/mol. The minimum absolute atomic E-state index is 0.0611. The maximum atomic E-state index is 11.2. The number of aromatic nitrogens is 1. The van der Waals surface area contributed by atoms with Crippen LogP contribution in [0.3, 0.4) is 0 Å². The number of rotatable bonds is 5.